The summed E-state index contributed by atoms with van der Waals surface area (Å²) >= 11 is 0. The molecule has 0 saturated heterocycles. The van der Waals surface area contributed by atoms with Crippen molar-refractivity contribution < 1.29 is 23.8 Å². The van der Waals surface area contributed by atoms with E-state index in [4.69, 9.17) is 14.2 Å². The largest absolute Gasteiger partial charge is 0.347 e. The summed E-state index contributed by atoms with van der Waals surface area (Å²) in [4.78, 5) is 24.3. The second-order valence-electron chi connectivity index (χ2n) is 14.3. The van der Waals surface area contributed by atoms with E-state index in [0.29, 0.717) is 0 Å². The maximum Gasteiger partial charge on any atom is 0.150 e. The lowest BCUT2D eigenvalue weighted by molar-refractivity contribution is -0.157. The van der Waals surface area contributed by atoms with Crippen molar-refractivity contribution in [1.82, 2.24) is 0 Å². The standard InChI is InChI=1S/C44H82O5/c1-5-9-13-17-19-21-23-27-29-33-41(37-45)43(35-31-25-15-11-7-3)48-39-47-40-49-44(36-32-26-16-12-8-4)42(38-46)34-30-28-24-22-20-18-14-10-6-2/h33-34,37-38,43-44H,5-32,35-36,39-40H2,1-4H3. The van der Waals surface area contributed by atoms with E-state index < -0.39 is 0 Å². The number of carbonyl (C=O) groups excluding carboxylic acids is 2. The molecule has 0 amide bonds. The number of aldehydes is 2. The van der Waals surface area contributed by atoms with Crippen LogP contribution in [0.4, 0.5) is 0 Å². The Hall–Kier alpha value is -1.30. The first kappa shape index (κ1) is 47.7. The average molecular weight is 691 g/mol. The maximum absolute atomic E-state index is 12.1. The fourth-order valence-corrected chi connectivity index (χ4v) is 6.46. The molecule has 0 aromatic rings. The van der Waals surface area contributed by atoms with E-state index in [2.05, 4.69) is 39.8 Å². The molecule has 5 nitrogen and oxygen atoms in total. The smallest absolute Gasteiger partial charge is 0.150 e. The zero-order valence-electron chi connectivity index (χ0n) is 33.1. The lowest BCUT2D eigenvalue weighted by Gasteiger charge is -2.21. The van der Waals surface area contributed by atoms with Crippen molar-refractivity contribution in [2.45, 2.75) is 233 Å². The maximum atomic E-state index is 12.1. The molecule has 2 unspecified atom stereocenters. The van der Waals surface area contributed by atoms with Gasteiger partial charge in [0.2, 0.25) is 0 Å². The van der Waals surface area contributed by atoms with Crippen molar-refractivity contribution in [3.05, 3.63) is 23.3 Å². The molecule has 0 heterocycles. The minimum Gasteiger partial charge on any atom is -0.347 e. The summed E-state index contributed by atoms with van der Waals surface area (Å²) in [7, 11) is 0. The molecule has 0 bridgehead atoms. The molecule has 0 aliphatic heterocycles. The zero-order valence-corrected chi connectivity index (χ0v) is 33.1. The van der Waals surface area contributed by atoms with E-state index in [0.717, 1.165) is 87.9 Å². The number of carbonyl (C=O) groups is 2. The molecule has 0 N–H and O–H groups in total. The molecule has 2 atom stereocenters. The highest BCUT2D eigenvalue weighted by Gasteiger charge is 2.17. The van der Waals surface area contributed by atoms with E-state index in [-0.39, 0.29) is 25.8 Å². The Morgan fingerprint density at radius 1 is 0.408 bits per heavy atom. The summed E-state index contributed by atoms with van der Waals surface area (Å²) in [6.45, 7) is 9.12. The van der Waals surface area contributed by atoms with Gasteiger partial charge in [0.15, 0.2) is 0 Å². The third-order valence-corrected chi connectivity index (χ3v) is 9.74. The molecule has 49 heavy (non-hydrogen) atoms. The minimum atomic E-state index is -0.250. The lowest BCUT2D eigenvalue weighted by Crippen LogP contribution is -2.22. The van der Waals surface area contributed by atoms with E-state index in [1.165, 1.54) is 128 Å². The first-order chi connectivity index (χ1) is 24.2. The summed E-state index contributed by atoms with van der Waals surface area (Å²) in [5.74, 6) is 0. The molecule has 0 aromatic heterocycles. The van der Waals surface area contributed by atoms with Gasteiger partial charge in [-0.15, -0.1) is 0 Å². The Kier molecular flexibility index (Phi) is 38.4. The Bertz CT molecular complexity index is 698. The third-order valence-electron chi connectivity index (χ3n) is 9.74. The Morgan fingerprint density at radius 3 is 1.00 bits per heavy atom. The Morgan fingerprint density at radius 2 is 0.694 bits per heavy atom. The summed E-state index contributed by atoms with van der Waals surface area (Å²) < 4.78 is 18.2. The van der Waals surface area contributed by atoms with Crippen molar-refractivity contribution >= 4 is 12.6 Å². The van der Waals surface area contributed by atoms with Crippen LogP contribution < -0.4 is 0 Å². The molecular formula is C44H82O5. The van der Waals surface area contributed by atoms with Gasteiger partial charge in [0.1, 0.15) is 26.2 Å². The second kappa shape index (κ2) is 39.5. The average Bonchev–Trinajstić information content (AvgIpc) is 3.11. The van der Waals surface area contributed by atoms with Crippen LogP contribution >= 0.6 is 0 Å². The summed E-state index contributed by atoms with van der Waals surface area (Å²) in [5, 5.41) is 0. The Balaban J connectivity index is 4.96. The van der Waals surface area contributed by atoms with Gasteiger partial charge in [0.25, 0.3) is 0 Å². The molecule has 0 saturated carbocycles. The normalized spacial score (nSPS) is 13.6. The van der Waals surface area contributed by atoms with Crippen LogP contribution in [-0.4, -0.2) is 38.4 Å². The van der Waals surface area contributed by atoms with E-state index in [1.807, 2.05) is 0 Å². The lowest BCUT2D eigenvalue weighted by atomic mass is 10.0. The number of hydrogen-bond acceptors (Lipinski definition) is 5. The van der Waals surface area contributed by atoms with Crippen LogP contribution in [0.3, 0.4) is 0 Å². The van der Waals surface area contributed by atoms with Crippen LogP contribution in [0, 0.1) is 0 Å². The monoisotopic (exact) mass is 691 g/mol. The van der Waals surface area contributed by atoms with Crippen molar-refractivity contribution in [2.75, 3.05) is 13.6 Å². The third kappa shape index (κ3) is 31.2. The van der Waals surface area contributed by atoms with Crippen molar-refractivity contribution in [2.24, 2.45) is 0 Å². The van der Waals surface area contributed by atoms with Crippen LogP contribution in [-0.2, 0) is 23.8 Å². The molecule has 5 heteroatoms. The molecule has 0 aromatic carbocycles. The van der Waals surface area contributed by atoms with Crippen LogP contribution in [0.2, 0.25) is 0 Å². The van der Waals surface area contributed by atoms with Gasteiger partial charge in [-0.25, -0.2) is 0 Å². The highest BCUT2D eigenvalue weighted by atomic mass is 16.7. The summed E-state index contributed by atoms with van der Waals surface area (Å²) in [5.41, 5.74) is 1.50. The van der Waals surface area contributed by atoms with Gasteiger partial charge < -0.3 is 14.2 Å². The van der Waals surface area contributed by atoms with E-state index >= 15 is 0 Å². The van der Waals surface area contributed by atoms with Gasteiger partial charge in [-0.1, -0.05) is 194 Å². The summed E-state index contributed by atoms with van der Waals surface area (Å²) in [6, 6.07) is 0. The van der Waals surface area contributed by atoms with Gasteiger partial charge in [0.05, 0.1) is 12.2 Å². The summed E-state index contributed by atoms with van der Waals surface area (Å²) in [6.07, 6.45) is 41.4. The van der Waals surface area contributed by atoms with Crippen LogP contribution in [0.15, 0.2) is 23.3 Å². The fourth-order valence-electron chi connectivity index (χ4n) is 6.46. The number of allylic oxidation sites excluding steroid dienone is 2. The van der Waals surface area contributed by atoms with E-state index in [9.17, 15) is 9.59 Å². The Labute approximate surface area is 305 Å². The molecule has 0 rings (SSSR count). The zero-order chi connectivity index (χ0) is 35.9. The molecule has 0 aliphatic rings. The van der Waals surface area contributed by atoms with Crippen molar-refractivity contribution in [3.8, 4) is 0 Å². The predicted molar refractivity (Wildman–Crippen MR) is 210 cm³/mol. The van der Waals surface area contributed by atoms with Gasteiger partial charge in [0, 0.05) is 11.1 Å². The fraction of sp³-hybridized carbons (Fsp3) is 0.864. The van der Waals surface area contributed by atoms with Gasteiger partial charge in [-0.2, -0.15) is 0 Å². The van der Waals surface area contributed by atoms with E-state index in [1.54, 1.807) is 0 Å². The highest BCUT2D eigenvalue weighted by Crippen LogP contribution is 2.20. The SMILES string of the molecule is CCCCCCCCCCC=C(C=O)C(CCCCCCC)OCOCOC(CCCCCCC)C(C=O)=CCCCCCCCCCC. The topological polar surface area (TPSA) is 61.8 Å². The molecule has 0 aliphatic carbocycles. The van der Waals surface area contributed by atoms with Crippen molar-refractivity contribution in [1.29, 1.82) is 0 Å². The van der Waals surface area contributed by atoms with Gasteiger partial charge in [-0.3, -0.25) is 9.59 Å². The number of unbranched alkanes of at least 4 members (excludes halogenated alkanes) is 24. The first-order valence-electron chi connectivity index (χ1n) is 21.3. The highest BCUT2D eigenvalue weighted by molar-refractivity contribution is 5.75. The van der Waals surface area contributed by atoms with Crippen LogP contribution in [0.5, 0.6) is 0 Å². The minimum absolute atomic E-state index is 0.0736. The quantitative estimate of drug-likeness (QED) is 0.0277. The number of ether oxygens (including phenoxy) is 3. The second-order valence-corrected chi connectivity index (χ2v) is 14.3. The van der Waals surface area contributed by atoms with Crippen molar-refractivity contribution in [3.63, 3.8) is 0 Å². The molecule has 288 valence electrons. The first-order valence-corrected chi connectivity index (χ1v) is 21.3. The number of hydrogen-bond donors (Lipinski definition) is 0. The predicted octanol–water partition coefficient (Wildman–Crippen LogP) is 13.7. The molecular weight excluding hydrogens is 608 g/mol. The van der Waals surface area contributed by atoms with Crippen LogP contribution in [0.25, 0.3) is 0 Å². The molecule has 0 spiro atoms. The van der Waals surface area contributed by atoms with Gasteiger partial charge in [-0.05, 0) is 38.5 Å². The van der Waals surface area contributed by atoms with Gasteiger partial charge >= 0.3 is 0 Å². The molecule has 0 radical (unpaired) electrons. The number of rotatable bonds is 40. The molecule has 0 fully saturated rings. The van der Waals surface area contributed by atoms with Crippen LogP contribution in [0.1, 0.15) is 220 Å².